The molecule has 8 heteroatoms. The summed E-state index contributed by atoms with van der Waals surface area (Å²) in [5, 5.41) is 4.71. The number of methoxy groups -OCH3 is 1. The average molecular weight is 427 g/mol. The van der Waals surface area contributed by atoms with Crippen molar-refractivity contribution in [2.75, 3.05) is 37.0 Å². The highest BCUT2D eigenvalue weighted by Crippen LogP contribution is 2.28. The van der Waals surface area contributed by atoms with Gasteiger partial charge in [-0.15, -0.1) is 0 Å². The van der Waals surface area contributed by atoms with E-state index in [1.54, 1.807) is 31.2 Å². The molecule has 0 spiro atoms. The molecule has 2 heterocycles. The first-order chi connectivity index (χ1) is 14.5. The molecule has 1 unspecified atom stereocenters. The molecule has 1 aliphatic rings. The minimum absolute atomic E-state index is 0.0526. The minimum Gasteiger partial charge on any atom is -0.497 e. The molecule has 7 nitrogen and oxygen atoms in total. The molecule has 1 amide bonds. The van der Waals surface area contributed by atoms with E-state index in [4.69, 9.17) is 20.9 Å². The van der Waals surface area contributed by atoms with E-state index in [1.807, 2.05) is 41.3 Å². The van der Waals surface area contributed by atoms with E-state index in [2.05, 4.69) is 10.1 Å². The fourth-order valence-electron chi connectivity index (χ4n) is 3.64. The summed E-state index contributed by atoms with van der Waals surface area (Å²) in [7, 11) is 3.40. The number of ether oxygens (including phenoxy) is 1. The van der Waals surface area contributed by atoms with Crippen LogP contribution in [-0.4, -0.2) is 43.3 Å². The second-order valence-electron chi connectivity index (χ2n) is 7.29. The molecule has 0 bridgehead atoms. The number of anilines is 2. The highest BCUT2D eigenvalue weighted by atomic mass is 35.5. The summed E-state index contributed by atoms with van der Waals surface area (Å²) in [4.78, 5) is 21.2. The molecule has 0 N–H and O–H groups in total. The van der Waals surface area contributed by atoms with Gasteiger partial charge in [0.1, 0.15) is 5.75 Å². The van der Waals surface area contributed by atoms with Crippen molar-refractivity contribution >= 4 is 29.2 Å². The molecule has 30 heavy (non-hydrogen) atoms. The van der Waals surface area contributed by atoms with Gasteiger partial charge < -0.3 is 19.1 Å². The molecule has 156 valence electrons. The maximum Gasteiger partial charge on any atom is 0.324 e. The maximum absolute atomic E-state index is 13.1. The Morgan fingerprint density at radius 1 is 1.27 bits per heavy atom. The van der Waals surface area contributed by atoms with Crippen molar-refractivity contribution in [3.8, 4) is 17.1 Å². The Morgan fingerprint density at radius 3 is 2.80 bits per heavy atom. The predicted molar refractivity (Wildman–Crippen MR) is 116 cm³/mol. The zero-order chi connectivity index (χ0) is 21.1. The number of carbonyl (C=O) groups excluding carboxylic acids is 1. The van der Waals surface area contributed by atoms with Crippen LogP contribution in [-0.2, 0) is 4.79 Å². The van der Waals surface area contributed by atoms with E-state index in [9.17, 15) is 4.79 Å². The molecule has 1 aliphatic heterocycles. The quantitative estimate of drug-likeness (QED) is 0.606. The van der Waals surface area contributed by atoms with Crippen molar-refractivity contribution in [1.29, 1.82) is 0 Å². The third-order valence-electron chi connectivity index (χ3n) is 5.33. The standard InChI is InChI=1S/C22H23ClN4O3/c1-26(18-7-3-6-17(23)13-18)21(28)16-5-4-12-27(14-16)22-24-20(25-30-22)15-8-10-19(29-2)11-9-15/h3,6-11,13,16H,4-5,12,14H2,1-2H3. The fourth-order valence-corrected chi connectivity index (χ4v) is 3.82. The average Bonchev–Trinajstić information content (AvgIpc) is 3.28. The van der Waals surface area contributed by atoms with Gasteiger partial charge in [0.25, 0.3) is 0 Å². The van der Waals surface area contributed by atoms with Crippen LogP contribution in [0, 0.1) is 5.92 Å². The van der Waals surface area contributed by atoms with E-state index in [0.717, 1.165) is 36.4 Å². The van der Waals surface area contributed by atoms with Crippen molar-refractivity contribution in [2.45, 2.75) is 12.8 Å². The van der Waals surface area contributed by atoms with Crippen molar-refractivity contribution in [3.63, 3.8) is 0 Å². The summed E-state index contributed by atoms with van der Waals surface area (Å²) >= 11 is 6.07. The lowest BCUT2D eigenvalue weighted by Crippen LogP contribution is -2.44. The van der Waals surface area contributed by atoms with Crippen LogP contribution in [0.5, 0.6) is 5.75 Å². The second kappa shape index (κ2) is 8.75. The lowest BCUT2D eigenvalue weighted by Gasteiger charge is -2.32. The van der Waals surface area contributed by atoms with Crippen molar-refractivity contribution < 1.29 is 14.1 Å². The van der Waals surface area contributed by atoms with Crippen LogP contribution in [0.3, 0.4) is 0 Å². The molecule has 0 saturated carbocycles. The van der Waals surface area contributed by atoms with E-state index in [1.165, 1.54) is 0 Å². The van der Waals surface area contributed by atoms with Crippen LogP contribution in [0.1, 0.15) is 12.8 Å². The predicted octanol–water partition coefficient (Wildman–Crippen LogP) is 4.28. The van der Waals surface area contributed by atoms with E-state index in [-0.39, 0.29) is 11.8 Å². The molecular weight excluding hydrogens is 404 g/mol. The number of hydrogen-bond donors (Lipinski definition) is 0. The van der Waals surface area contributed by atoms with Gasteiger partial charge in [-0.25, -0.2) is 0 Å². The van der Waals surface area contributed by atoms with Crippen LogP contribution in [0.4, 0.5) is 11.7 Å². The van der Waals surface area contributed by atoms with Gasteiger partial charge >= 0.3 is 6.01 Å². The third-order valence-corrected chi connectivity index (χ3v) is 5.57. The van der Waals surface area contributed by atoms with Gasteiger partial charge in [-0.05, 0) is 55.3 Å². The lowest BCUT2D eigenvalue weighted by molar-refractivity contribution is -0.122. The molecule has 1 fully saturated rings. The smallest absolute Gasteiger partial charge is 0.324 e. The SMILES string of the molecule is COc1ccc(-c2noc(N3CCCC(C(=O)N(C)c4cccc(Cl)c4)C3)n2)cc1. The Hall–Kier alpha value is -3.06. The number of halogens is 1. The molecule has 0 aliphatic carbocycles. The number of carbonyl (C=O) groups is 1. The fraction of sp³-hybridized carbons (Fsp3) is 0.318. The number of aromatic nitrogens is 2. The first kappa shape index (κ1) is 20.2. The third kappa shape index (κ3) is 4.26. The molecule has 2 aromatic carbocycles. The van der Waals surface area contributed by atoms with Crippen LogP contribution in [0.25, 0.3) is 11.4 Å². The number of rotatable bonds is 5. The van der Waals surface area contributed by atoms with Gasteiger partial charge in [-0.2, -0.15) is 4.98 Å². The van der Waals surface area contributed by atoms with Gasteiger partial charge in [-0.3, -0.25) is 4.79 Å². The highest BCUT2D eigenvalue weighted by molar-refractivity contribution is 6.30. The lowest BCUT2D eigenvalue weighted by atomic mass is 9.96. The Bertz CT molecular complexity index is 1020. The molecule has 4 rings (SSSR count). The number of piperidine rings is 1. The minimum atomic E-state index is -0.154. The van der Waals surface area contributed by atoms with Crippen molar-refractivity contribution in [1.82, 2.24) is 10.1 Å². The van der Waals surface area contributed by atoms with E-state index >= 15 is 0 Å². The Labute approximate surface area is 180 Å². The number of benzene rings is 2. The summed E-state index contributed by atoms with van der Waals surface area (Å²) in [6.07, 6.45) is 1.69. The van der Waals surface area contributed by atoms with Crippen LogP contribution in [0.2, 0.25) is 5.02 Å². The molecule has 1 aromatic heterocycles. The topological polar surface area (TPSA) is 71.7 Å². The largest absolute Gasteiger partial charge is 0.497 e. The first-order valence-corrected chi connectivity index (χ1v) is 10.2. The van der Waals surface area contributed by atoms with Crippen LogP contribution >= 0.6 is 11.6 Å². The van der Waals surface area contributed by atoms with Crippen LogP contribution < -0.4 is 14.5 Å². The number of hydrogen-bond acceptors (Lipinski definition) is 6. The Balaban J connectivity index is 1.46. The summed E-state index contributed by atoms with van der Waals surface area (Å²) in [5.74, 6) is 1.18. The molecule has 0 radical (unpaired) electrons. The molecule has 1 saturated heterocycles. The van der Waals surface area contributed by atoms with Gasteiger partial charge in [0.2, 0.25) is 11.7 Å². The number of amides is 1. The highest BCUT2D eigenvalue weighted by Gasteiger charge is 2.31. The van der Waals surface area contributed by atoms with Crippen molar-refractivity contribution in [2.24, 2.45) is 5.92 Å². The number of nitrogens with zero attached hydrogens (tertiary/aromatic N) is 4. The maximum atomic E-state index is 13.1. The molecule has 3 aromatic rings. The monoisotopic (exact) mass is 426 g/mol. The zero-order valence-corrected chi connectivity index (χ0v) is 17.7. The van der Waals surface area contributed by atoms with Gasteiger partial charge in [0.15, 0.2) is 0 Å². The summed E-state index contributed by atoms with van der Waals surface area (Å²) in [5.41, 5.74) is 1.63. The normalized spacial score (nSPS) is 16.4. The Kier molecular flexibility index (Phi) is 5.90. The first-order valence-electron chi connectivity index (χ1n) is 9.81. The second-order valence-corrected chi connectivity index (χ2v) is 7.73. The Morgan fingerprint density at radius 2 is 2.07 bits per heavy atom. The van der Waals surface area contributed by atoms with E-state index in [0.29, 0.717) is 23.4 Å². The van der Waals surface area contributed by atoms with E-state index < -0.39 is 0 Å². The summed E-state index contributed by atoms with van der Waals surface area (Å²) in [6, 6.07) is 15.2. The van der Waals surface area contributed by atoms with Gasteiger partial charge in [-0.1, -0.05) is 22.8 Å². The summed E-state index contributed by atoms with van der Waals surface area (Å²) < 4.78 is 10.7. The van der Waals surface area contributed by atoms with Crippen molar-refractivity contribution in [3.05, 3.63) is 53.6 Å². The van der Waals surface area contributed by atoms with Gasteiger partial charge in [0.05, 0.1) is 13.0 Å². The van der Waals surface area contributed by atoms with Crippen LogP contribution in [0.15, 0.2) is 53.1 Å². The molecule has 1 atom stereocenters. The molecular formula is C22H23ClN4O3. The zero-order valence-electron chi connectivity index (χ0n) is 16.9. The summed E-state index contributed by atoms with van der Waals surface area (Å²) in [6.45, 7) is 1.31. The van der Waals surface area contributed by atoms with Gasteiger partial charge in [0, 0.05) is 36.4 Å².